The first kappa shape index (κ1) is 17.0. The Morgan fingerprint density at radius 2 is 1.91 bits per heavy atom. The summed E-state index contributed by atoms with van der Waals surface area (Å²) in [6, 6.07) is 10.7. The average molecular weight is 343 g/mol. The van der Waals surface area contributed by atoms with Crippen molar-refractivity contribution in [3.63, 3.8) is 0 Å². The summed E-state index contributed by atoms with van der Waals surface area (Å²) in [5, 5.41) is 2.28. The number of ether oxygens (including phenoxy) is 2. The smallest absolute Gasteiger partial charge is 0.411 e. The Morgan fingerprint density at radius 3 is 2.57 bits per heavy atom. The predicted molar refractivity (Wildman–Crippen MR) is 80.5 cm³/mol. The van der Waals surface area contributed by atoms with Gasteiger partial charge in [0.2, 0.25) is 0 Å². The van der Waals surface area contributed by atoms with Crippen LogP contribution in [0.3, 0.4) is 0 Å². The van der Waals surface area contributed by atoms with E-state index in [2.05, 4.69) is 22.7 Å². The van der Waals surface area contributed by atoms with Crippen molar-refractivity contribution in [2.24, 2.45) is 0 Å². The molecule has 122 valence electrons. The molecule has 0 unspecified atom stereocenters. The first-order valence-electron chi connectivity index (χ1n) is 6.40. The monoisotopic (exact) mass is 343 g/mol. The molecule has 0 aliphatic carbocycles. The standard InChI is InChI=1S/C15H12F3NO3S/c16-10-6-11(13(23)7-12(10)22-14(17)18)19-15(20)21-8-9-4-2-1-3-5-9/h1-7,14,23H,8H2,(H,19,20). The van der Waals surface area contributed by atoms with Gasteiger partial charge >= 0.3 is 12.7 Å². The lowest BCUT2D eigenvalue weighted by Crippen LogP contribution is -2.14. The molecule has 23 heavy (non-hydrogen) atoms. The highest BCUT2D eigenvalue weighted by Crippen LogP contribution is 2.29. The Kier molecular flexibility index (Phi) is 5.75. The molecule has 0 aliphatic heterocycles. The Bertz CT molecular complexity index is 683. The van der Waals surface area contributed by atoms with Gasteiger partial charge in [0.25, 0.3) is 0 Å². The van der Waals surface area contributed by atoms with Crippen LogP contribution in [0.2, 0.25) is 0 Å². The van der Waals surface area contributed by atoms with Crippen molar-refractivity contribution < 1.29 is 27.4 Å². The van der Waals surface area contributed by atoms with E-state index in [1.165, 1.54) is 0 Å². The second-order valence-corrected chi connectivity index (χ2v) is 4.85. The molecule has 0 heterocycles. The molecular formula is C15H12F3NO3S. The van der Waals surface area contributed by atoms with E-state index in [0.29, 0.717) is 0 Å². The number of benzene rings is 2. The minimum Gasteiger partial charge on any atom is -0.444 e. The highest BCUT2D eigenvalue weighted by molar-refractivity contribution is 7.80. The van der Waals surface area contributed by atoms with Gasteiger partial charge in [-0.1, -0.05) is 30.3 Å². The van der Waals surface area contributed by atoms with Gasteiger partial charge in [0, 0.05) is 11.0 Å². The van der Waals surface area contributed by atoms with Crippen molar-refractivity contribution in [3.8, 4) is 5.75 Å². The maximum atomic E-state index is 13.6. The Hall–Kier alpha value is -2.35. The van der Waals surface area contributed by atoms with Gasteiger partial charge in [-0.3, -0.25) is 5.32 Å². The van der Waals surface area contributed by atoms with Crippen molar-refractivity contribution >= 4 is 24.4 Å². The van der Waals surface area contributed by atoms with Crippen molar-refractivity contribution in [2.75, 3.05) is 5.32 Å². The van der Waals surface area contributed by atoms with Crippen molar-refractivity contribution in [3.05, 3.63) is 53.8 Å². The number of rotatable bonds is 5. The second kappa shape index (κ2) is 7.77. The second-order valence-electron chi connectivity index (χ2n) is 4.37. The molecule has 2 rings (SSSR count). The third-order valence-corrected chi connectivity index (χ3v) is 3.09. The van der Waals surface area contributed by atoms with Crippen LogP contribution in [-0.4, -0.2) is 12.7 Å². The normalized spacial score (nSPS) is 10.5. The SMILES string of the molecule is O=C(Nc1cc(F)c(OC(F)F)cc1S)OCc1ccccc1. The van der Waals surface area contributed by atoms with E-state index in [-0.39, 0.29) is 17.2 Å². The van der Waals surface area contributed by atoms with Crippen LogP contribution in [0.15, 0.2) is 47.4 Å². The van der Waals surface area contributed by atoms with Crippen LogP contribution < -0.4 is 10.1 Å². The molecule has 0 aliphatic rings. The van der Waals surface area contributed by atoms with Crippen molar-refractivity contribution in [1.29, 1.82) is 0 Å². The number of carbonyl (C=O) groups is 1. The lowest BCUT2D eigenvalue weighted by Gasteiger charge is -2.12. The van der Waals surface area contributed by atoms with Crippen LogP contribution in [0.5, 0.6) is 5.75 Å². The molecule has 1 N–H and O–H groups in total. The molecular weight excluding hydrogens is 331 g/mol. The van der Waals surface area contributed by atoms with Gasteiger partial charge in [-0.05, 0) is 11.6 Å². The summed E-state index contributed by atoms with van der Waals surface area (Å²) in [7, 11) is 0. The number of alkyl halides is 2. The number of amides is 1. The third-order valence-electron chi connectivity index (χ3n) is 2.72. The lowest BCUT2D eigenvalue weighted by atomic mass is 10.2. The van der Waals surface area contributed by atoms with Crippen LogP contribution in [0, 0.1) is 5.82 Å². The largest absolute Gasteiger partial charge is 0.444 e. The minimum absolute atomic E-state index is 0.0227. The summed E-state index contributed by atoms with van der Waals surface area (Å²) in [5.74, 6) is -1.71. The molecule has 0 bridgehead atoms. The summed E-state index contributed by atoms with van der Waals surface area (Å²) < 4.78 is 46.8. The molecule has 0 spiro atoms. The van der Waals surface area contributed by atoms with Crippen molar-refractivity contribution in [2.45, 2.75) is 18.1 Å². The van der Waals surface area contributed by atoms with Crippen LogP contribution in [0.4, 0.5) is 23.7 Å². The van der Waals surface area contributed by atoms with Gasteiger partial charge in [-0.15, -0.1) is 12.6 Å². The number of hydrogen-bond donors (Lipinski definition) is 2. The Balaban J connectivity index is 1.99. The predicted octanol–water partition coefficient (Wildman–Crippen LogP) is 4.46. The molecule has 0 saturated heterocycles. The maximum absolute atomic E-state index is 13.6. The van der Waals surface area contributed by atoms with Gasteiger partial charge in [0.05, 0.1) is 5.69 Å². The van der Waals surface area contributed by atoms with E-state index in [9.17, 15) is 18.0 Å². The fourth-order valence-corrected chi connectivity index (χ4v) is 1.94. The zero-order valence-corrected chi connectivity index (χ0v) is 12.5. The number of halogens is 3. The van der Waals surface area contributed by atoms with Gasteiger partial charge < -0.3 is 9.47 Å². The topological polar surface area (TPSA) is 47.6 Å². The average Bonchev–Trinajstić information content (AvgIpc) is 2.51. The molecule has 4 nitrogen and oxygen atoms in total. The summed E-state index contributed by atoms with van der Waals surface area (Å²) in [5.41, 5.74) is 0.756. The van der Waals surface area contributed by atoms with Gasteiger partial charge in [0.1, 0.15) is 6.61 Å². The summed E-state index contributed by atoms with van der Waals surface area (Å²) >= 11 is 3.99. The Labute approximate surface area is 135 Å². The highest BCUT2D eigenvalue weighted by Gasteiger charge is 2.15. The molecule has 0 radical (unpaired) electrons. The van der Waals surface area contributed by atoms with Gasteiger partial charge in [-0.25, -0.2) is 9.18 Å². The molecule has 0 aromatic heterocycles. The van der Waals surface area contributed by atoms with E-state index < -0.39 is 24.3 Å². The number of nitrogens with one attached hydrogen (secondary N) is 1. The molecule has 2 aromatic carbocycles. The van der Waals surface area contributed by atoms with Gasteiger partial charge in [0.15, 0.2) is 11.6 Å². The zero-order valence-electron chi connectivity index (χ0n) is 11.6. The van der Waals surface area contributed by atoms with Crippen LogP contribution in [0.1, 0.15) is 5.56 Å². The number of carbonyl (C=O) groups excluding carboxylic acids is 1. The third kappa shape index (κ3) is 5.10. The highest BCUT2D eigenvalue weighted by atomic mass is 32.1. The van der Waals surface area contributed by atoms with Crippen LogP contribution in [-0.2, 0) is 11.3 Å². The number of hydrogen-bond acceptors (Lipinski definition) is 4. The van der Waals surface area contributed by atoms with E-state index in [1.807, 2.05) is 6.07 Å². The quantitative estimate of drug-likeness (QED) is 0.788. The van der Waals surface area contributed by atoms with E-state index in [4.69, 9.17) is 4.74 Å². The van der Waals surface area contributed by atoms with Gasteiger partial charge in [-0.2, -0.15) is 8.78 Å². The first-order valence-corrected chi connectivity index (χ1v) is 6.85. The van der Waals surface area contributed by atoms with E-state index in [1.54, 1.807) is 24.3 Å². The molecule has 2 aromatic rings. The number of anilines is 1. The minimum atomic E-state index is -3.16. The molecule has 8 heteroatoms. The molecule has 0 fully saturated rings. The fourth-order valence-electron chi connectivity index (χ4n) is 1.70. The van der Waals surface area contributed by atoms with E-state index in [0.717, 1.165) is 17.7 Å². The molecule has 0 atom stereocenters. The van der Waals surface area contributed by atoms with E-state index >= 15 is 0 Å². The summed E-state index contributed by atoms with van der Waals surface area (Å²) in [6.07, 6.45) is -0.828. The molecule has 0 saturated carbocycles. The van der Waals surface area contributed by atoms with Crippen LogP contribution >= 0.6 is 12.6 Å². The zero-order chi connectivity index (χ0) is 16.8. The molecule has 1 amide bonds. The summed E-state index contributed by atoms with van der Waals surface area (Å²) in [6.45, 7) is -3.13. The van der Waals surface area contributed by atoms with Crippen molar-refractivity contribution in [1.82, 2.24) is 0 Å². The summed E-state index contributed by atoms with van der Waals surface area (Å²) in [4.78, 5) is 11.7. The lowest BCUT2D eigenvalue weighted by molar-refractivity contribution is -0.0523. The maximum Gasteiger partial charge on any atom is 0.411 e. The first-order chi connectivity index (χ1) is 11.0. The Morgan fingerprint density at radius 1 is 1.22 bits per heavy atom. The number of thiol groups is 1. The van der Waals surface area contributed by atoms with Crippen LogP contribution in [0.25, 0.3) is 0 Å². The fraction of sp³-hybridized carbons (Fsp3) is 0.133.